The molecule has 3 nitrogen and oxygen atoms in total. The Labute approximate surface area is 139 Å². The third kappa shape index (κ3) is 4.23. The average molecular weight is 323 g/mol. The molecule has 0 bridgehead atoms. The van der Waals surface area contributed by atoms with Gasteiger partial charge in [-0.2, -0.15) is 0 Å². The number of carbonyl (C=O) groups is 1. The van der Waals surface area contributed by atoms with Crippen LogP contribution in [-0.4, -0.2) is 25.0 Å². The zero-order valence-electron chi connectivity index (χ0n) is 13.3. The second kappa shape index (κ2) is 7.98. The molecule has 4 heteroatoms. The van der Waals surface area contributed by atoms with Crippen molar-refractivity contribution >= 4 is 18.3 Å². The molecule has 1 aliphatic carbocycles. The molecule has 1 aromatic carbocycles. The molecule has 1 heterocycles. The quantitative estimate of drug-likeness (QED) is 0.898. The van der Waals surface area contributed by atoms with E-state index in [2.05, 4.69) is 41.8 Å². The van der Waals surface area contributed by atoms with Gasteiger partial charge in [-0.1, -0.05) is 31.2 Å². The molecule has 3 unspecified atom stereocenters. The van der Waals surface area contributed by atoms with Crippen LogP contribution in [0.25, 0.3) is 0 Å². The number of benzene rings is 1. The minimum absolute atomic E-state index is 0. The zero-order chi connectivity index (χ0) is 14.7. The zero-order valence-corrected chi connectivity index (χ0v) is 14.1. The Bertz CT molecular complexity index is 506. The first-order valence-electron chi connectivity index (χ1n) is 8.29. The molecule has 2 aliphatic rings. The van der Waals surface area contributed by atoms with Gasteiger partial charge in [0.2, 0.25) is 5.91 Å². The van der Waals surface area contributed by atoms with Gasteiger partial charge in [-0.05, 0) is 55.2 Å². The lowest BCUT2D eigenvalue weighted by atomic mass is 9.82. The van der Waals surface area contributed by atoms with Gasteiger partial charge in [0.05, 0.1) is 0 Å². The van der Waals surface area contributed by atoms with Crippen molar-refractivity contribution in [2.75, 3.05) is 13.1 Å². The first kappa shape index (κ1) is 17.3. The summed E-state index contributed by atoms with van der Waals surface area (Å²) in [6, 6.07) is 8.97. The van der Waals surface area contributed by atoms with Gasteiger partial charge in [0.25, 0.3) is 0 Å². The number of aryl methyl sites for hydroxylation is 1. The number of hydrogen-bond acceptors (Lipinski definition) is 2. The largest absolute Gasteiger partial charge is 0.352 e. The molecular weight excluding hydrogens is 296 g/mol. The fourth-order valence-corrected chi connectivity index (χ4v) is 3.66. The number of fused-ring (bicyclic) bond motifs is 1. The number of piperidine rings is 1. The molecule has 22 heavy (non-hydrogen) atoms. The summed E-state index contributed by atoms with van der Waals surface area (Å²) in [5, 5.41) is 6.61. The SMILES string of the molecule is CC1CCNCC1NC(=O)CC1CCc2ccccc2C1.Cl. The normalized spacial score (nSPS) is 27.4. The molecule has 3 rings (SSSR count). The van der Waals surface area contributed by atoms with Crippen LogP contribution >= 0.6 is 12.4 Å². The van der Waals surface area contributed by atoms with Crippen molar-refractivity contribution in [3.8, 4) is 0 Å². The van der Waals surface area contributed by atoms with Crippen LogP contribution in [0.2, 0.25) is 0 Å². The molecule has 0 radical (unpaired) electrons. The second-order valence-electron chi connectivity index (χ2n) is 6.73. The Hall–Kier alpha value is -1.06. The van der Waals surface area contributed by atoms with E-state index in [0.29, 0.717) is 24.3 Å². The molecule has 0 saturated carbocycles. The molecule has 0 aromatic heterocycles. The van der Waals surface area contributed by atoms with Crippen molar-refractivity contribution in [2.45, 2.75) is 45.1 Å². The van der Waals surface area contributed by atoms with E-state index in [-0.39, 0.29) is 18.3 Å². The van der Waals surface area contributed by atoms with E-state index in [1.165, 1.54) is 11.1 Å². The maximum atomic E-state index is 12.3. The van der Waals surface area contributed by atoms with Gasteiger partial charge < -0.3 is 10.6 Å². The molecule has 2 N–H and O–H groups in total. The van der Waals surface area contributed by atoms with Gasteiger partial charge >= 0.3 is 0 Å². The van der Waals surface area contributed by atoms with E-state index in [1.807, 2.05) is 0 Å². The van der Waals surface area contributed by atoms with Crippen molar-refractivity contribution < 1.29 is 4.79 Å². The van der Waals surface area contributed by atoms with E-state index in [1.54, 1.807) is 0 Å². The summed E-state index contributed by atoms with van der Waals surface area (Å²) in [4.78, 5) is 12.3. The van der Waals surface area contributed by atoms with Gasteiger partial charge in [-0.3, -0.25) is 4.79 Å². The first-order chi connectivity index (χ1) is 10.2. The average Bonchev–Trinajstić information content (AvgIpc) is 2.49. The Kier molecular flexibility index (Phi) is 6.27. The Morgan fingerprint density at radius 3 is 2.82 bits per heavy atom. The van der Waals surface area contributed by atoms with Gasteiger partial charge in [0.1, 0.15) is 0 Å². The first-order valence-corrected chi connectivity index (χ1v) is 8.29. The van der Waals surface area contributed by atoms with Crippen molar-refractivity contribution in [1.82, 2.24) is 10.6 Å². The van der Waals surface area contributed by atoms with Crippen LogP contribution in [0, 0.1) is 11.8 Å². The monoisotopic (exact) mass is 322 g/mol. The van der Waals surface area contributed by atoms with Crippen LogP contribution < -0.4 is 10.6 Å². The number of hydrogen-bond donors (Lipinski definition) is 2. The van der Waals surface area contributed by atoms with Gasteiger partial charge in [-0.25, -0.2) is 0 Å². The van der Waals surface area contributed by atoms with E-state index < -0.39 is 0 Å². The van der Waals surface area contributed by atoms with Crippen LogP contribution in [0.15, 0.2) is 24.3 Å². The van der Waals surface area contributed by atoms with Gasteiger partial charge in [-0.15, -0.1) is 12.4 Å². The summed E-state index contributed by atoms with van der Waals surface area (Å²) in [5.41, 5.74) is 2.91. The highest BCUT2D eigenvalue weighted by atomic mass is 35.5. The summed E-state index contributed by atoms with van der Waals surface area (Å²) >= 11 is 0. The van der Waals surface area contributed by atoms with Crippen LogP contribution in [0.4, 0.5) is 0 Å². The summed E-state index contributed by atoms with van der Waals surface area (Å²) in [6.45, 7) is 4.23. The topological polar surface area (TPSA) is 41.1 Å². The second-order valence-corrected chi connectivity index (χ2v) is 6.73. The van der Waals surface area contributed by atoms with Crippen molar-refractivity contribution in [3.63, 3.8) is 0 Å². The molecule has 1 aromatic rings. The summed E-state index contributed by atoms with van der Waals surface area (Å²) in [6.07, 6.45) is 5.15. The summed E-state index contributed by atoms with van der Waals surface area (Å²) < 4.78 is 0. The third-order valence-corrected chi connectivity index (χ3v) is 5.10. The number of nitrogens with one attached hydrogen (secondary N) is 2. The molecule has 1 amide bonds. The molecule has 3 atom stereocenters. The molecule has 1 saturated heterocycles. The predicted octanol–water partition coefficient (Wildman–Crippen LogP) is 2.72. The predicted molar refractivity (Wildman–Crippen MR) is 92.4 cm³/mol. The van der Waals surface area contributed by atoms with Crippen LogP contribution in [0.1, 0.15) is 37.3 Å². The van der Waals surface area contributed by atoms with Crippen LogP contribution in [0.3, 0.4) is 0 Å². The van der Waals surface area contributed by atoms with E-state index >= 15 is 0 Å². The van der Waals surface area contributed by atoms with Crippen molar-refractivity contribution in [2.24, 2.45) is 11.8 Å². The third-order valence-electron chi connectivity index (χ3n) is 5.10. The van der Waals surface area contributed by atoms with Crippen LogP contribution in [-0.2, 0) is 17.6 Å². The summed E-state index contributed by atoms with van der Waals surface area (Å²) in [5.74, 6) is 1.33. The number of rotatable bonds is 3. The molecule has 0 spiro atoms. The molecule has 1 aliphatic heterocycles. The molecular formula is C18H27ClN2O. The smallest absolute Gasteiger partial charge is 0.220 e. The fraction of sp³-hybridized carbons (Fsp3) is 0.611. The lowest BCUT2D eigenvalue weighted by Gasteiger charge is -2.31. The van der Waals surface area contributed by atoms with E-state index in [0.717, 1.165) is 38.8 Å². The molecule has 1 fully saturated rings. The number of halogens is 1. The van der Waals surface area contributed by atoms with E-state index in [9.17, 15) is 4.79 Å². The highest BCUT2D eigenvalue weighted by Crippen LogP contribution is 2.27. The Morgan fingerprint density at radius 1 is 1.27 bits per heavy atom. The standard InChI is InChI=1S/C18H26N2O.ClH/c1-13-8-9-19-12-17(13)20-18(21)11-14-6-7-15-4-2-3-5-16(15)10-14;/h2-5,13-14,17,19H,6-12H2,1H3,(H,20,21);1H. The van der Waals surface area contributed by atoms with Crippen LogP contribution in [0.5, 0.6) is 0 Å². The van der Waals surface area contributed by atoms with E-state index in [4.69, 9.17) is 0 Å². The molecule has 122 valence electrons. The minimum atomic E-state index is 0. The van der Waals surface area contributed by atoms with Crippen molar-refractivity contribution in [1.29, 1.82) is 0 Å². The van der Waals surface area contributed by atoms with Gasteiger partial charge in [0.15, 0.2) is 0 Å². The maximum Gasteiger partial charge on any atom is 0.220 e. The number of amides is 1. The highest BCUT2D eigenvalue weighted by Gasteiger charge is 2.25. The van der Waals surface area contributed by atoms with Crippen molar-refractivity contribution in [3.05, 3.63) is 35.4 Å². The maximum absolute atomic E-state index is 12.3. The van der Waals surface area contributed by atoms with Gasteiger partial charge in [0, 0.05) is 19.0 Å². The summed E-state index contributed by atoms with van der Waals surface area (Å²) in [7, 11) is 0. The Morgan fingerprint density at radius 2 is 2.05 bits per heavy atom. The number of carbonyl (C=O) groups excluding carboxylic acids is 1. The Balaban J connectivity index is 0.00000176. The highest BCUT2D eigenvalue weighted by molar-refractivity contribution is 5.85. The fourth-order valence-electron chi connectivity index (χ4n) is 3.66. The lowest BCUT2D eigenvalue weighted by molar-refractivity contribution is -0.123. The lowest BCUT2D eigenvalue weighted by Crippen LogP contribution is -2.50. The minimum Gasteiger partial charge on any atom is -0.352 e.